The van der Waals surface area contributed by atoms with Crippen LogP contribution in [0.4, 0.5) is 10.5 Å². The molecule has 0 aliphatic carbocycles. The lowest BCUT2D eigenvalue weighted by molar-refractivity contribution is 0.130. The van der Waals surface area contributed by atoms with Crippen LogP contribution in [0.5, 0.6) is 0 Å². The third kappa shape index (κ3) is 11.5. The molecule has 0 aliphatic heterocycles. The molecule has 39 heavy (non-hydrogen) atoms. The van der Waals surface area contributed by atoms with E-state index in [1.807, 2.05) is 0 Å². The van der Waals surface area contributed by atoms with E-state index in [0.29, 0.717) is 22.7 Å². The van der Waals surface area contributed by atoms with Crippen LogP contribution in [0.1, 0.15) is 55.8 Å². The van der Waals surface area contributed by atoms with Crippen molar-refractivity contribution in [1.82, 2.24) is 5.32 Å². The van der Waals surface area contributed by atoms with Gasteiger partial charge in [-0.25, -0.2) is 4.79 Å². The Labute approximate surface area is 244 Å². The van der Waals surface area contributed by atoms with Gasteiger partial charge < -0.3 is 10.1 Å². The Hall–Kier alpha value is -3.31. The van der Waals surface area contributed by atoms with Crippen molar-refractivity contribution in [2.75, 3.05) is 11.9 Å². The Morgan fingerprint density at radius 3 is 1.74 bits per heavy atom. The van der Waals surface area contributed by atoms with E-state index in [1.165, 1.54) is 16.7 Å². The molecule has 0 aromatic heterocycles. The number of hydrogen-bond acceptors (Lipinski definition) is 3. The van der Waals surface area contributed by atoms with Gasteiger partial charge in [-0.3, -0.25) is 5.32 Å². The summed E-state index contributed by atoms with van der Waals surface area (Å²) in [7, 11) is 0. The topological polar surface area (TPSA) is 50.4 Å². The van der Waals surface area contributed by atoms with Crippen molar-refractivity contribution >= 4 is 35.8 Å². The molecule has 0 aliphatic rings. The molecule has 0 bridgehead atoms. The maximum absolute atomic E-state index is 11.2. The molecule has 0 saturated carbocycles. The van der Waals surface area contributed by atoms with Crippen LogP contribution >= 0.6 is 24.0 Å². The Morgan fingerprint density at radius 2 is 1.26 bits per heavy atom. The van der Waals surface area contributed by atoms with Gasteiger partial charge in [0, 0.05) is 22.7 Å². The number of ether oxygens (including phenoxy) is 1. The zero-order valence-corrected chi connectivity index (χ0v) is 24.3. The maximum Gasteiger partial charge on any atom is 0.411 e. The number of nitrogens with one attached hydrogen (secondary N) is 2. The molecule has 1 unspecified atom stereocenters. The molecule has 6 heteroatoms. The minimum atomic E-state index is -0.470. The fourth-order valence-corrected chi connectivity index (χ4v) is 4.32. The smallest absolute Gasteiger partial charge is 0.411 e. The Kier molecular flexibility index (Phi) is 14.2. The van der Waals surface area contributed by atoms with Gasteiger partial charge in [-0.1, -0.05) is 109 Å². The van der Waals surface area contributed by atoms with Gasteiger partial charge in [-0.2, -0.15) is 0 Å². The molecule has 1 amide bonds. The third-order valence-electron chi connectivity index (χ3n) is 6.00. The quantitative estimate of drug-likeness (QED) is 0.213. The lowest BCUT2D eigenvalue weighted by Crippen LogP contribution is -2.21. The van der Waals surface area contributed by atoms with Crippen LogP contribution in [0.25, 0.3) is 0 Å². The van der Waals surface area contributed by atoms with E-state index in [9.17, 15) is 4.79 Å². The van der Waals surface area contributed by atoms with Crippen molar-refractivity contribution < 1.29 is 9.53 Å². The van der Waals surface area contributed by atoms with E-state index in [-0.39, 0.29) is 18.5 Å². The summed E-state index contributed by atoms with van der Waals surface area (Å²) in [5.74, 6) is 0.433. The summed E-state index contributed by atoms with van der Waals surface area (Å²) in [6, 6.07) is 39.5. The third-order valence-corrected chi connectivity index (χ3v) is 6.24. The molecule has 0 radical (unpaired) electrons. The van der Waals surface area contributed by atoms with Crippen molar-refractivity contribution in [1.29, 1.82) is 0 Å². The number of benzene rings is 4. The average molecular weight is 566 g/mol. The van der Waals surface area contributed by atoms with Gasteiger partial charge in [0.2, 0.25) is 0 Å². The fraction of sp³-hybridized carbons (Fsp3) is 0.242. The van der Waals surface area contributed by atoms with E-state index < -0.39 is 6.09 Å². The molecule has 0 heterocycles. The number of carbonyl (C=O) groups is 1. The number of halogens is 2. The van der Waals surface area contributed by atoms with Crippen LogP contribution in [-0.2, 0) is 4.74 Å². The first-order valence-electron chi connectivity index (χ1n) is 13.0. The monoisotopic (exact) mass is 564 g/mol. The second kappa shape index (κ2) is 17.3. The van der Waals surface area contributed by atoms with E-state index in [1.54, 1.807) is 38.1 Å². The molecule has 0 fully saturated rings. The average Bonchev–Trinajstić information content (AvgIpc) is 2.92. The second-order valence-electron chi connectivity index (χ2n) is 9.34. The first kappa shape index (κ1) is 31.9. The van der Waals surface area contributed by atoms with Crippen LogP contribution in [0.15, 0.2) is 115 Å². The fourth-order valence-electron chi connectivity index (χ4n) is 4.13. The molecule has 4 aromatic carbocycles. The highest BCUT2D eigenvalue weighted by Crippen LogP contribution is 2.27. The maximum atomic E-state index is 11.2. The largest absolute Gasteiger partial charge is 0.447 e. The lowest BCUT2D eigenvalue weighted by Gasteiger charge is -2.20. The van der Waals surface area contributed by atoms with Crippen LogP contribution in [0.2, 0.25) is 5.02 Å². The summed E-state index contributed by atoms with van der Waals surface area (Å²) < 4.78 is 4.90. The van der Waals surface area contributed by atoms with Gasteiger partial charge in [0.25, 0.3) is 0 Å². The van der Waals surface area contributed by atoms with E-state index in [4.69, 9.17) is 16.3 Å². The molecule has 4 aromatic rings. The SMILES string of the molecule is CC(C)OC(=O)Nc1cccc(Cl)c1.CC(NCCC(c1ccccc1)c1ccccc1)c1ccccc1.Cl. The Morgan fingerprint density at radius 1 is 0.744 bits per heavy atom. The van der Waals surface area contributed by atoms with Crippen LogP contribution in [0, 0.1) is 0 Å². The number of amides is 1. The summed E-state index contributed by atoms with van der Waals surface area (Å²) >= 11 is 5.74. The number of rotatable bonds is 9. The van der Waals surface area contributed by atoms with Crippen molar-refractivity contribution in [3.05, 3.63) is 137 Å². The van der Waals surface area contributed by atoms with Gasteiger partial charge >= 0.3 is 6.09 Å². The van der Waals surface area contributed by atoms with E-state index >= 15 is 0 Å². The molecular formula is C33H38Cl2N2O2. The number of anilines is 1. The summed E-state index contributed by atoms with van der Waals surface area (Å²) in [6.07, 6.45) is 0.488. The molecule has 2 N–H and O–H groups in total. The molecule has 4 rings (SSSR count). The minimum absolute atomic E-state index is 0. The highest BCUT2D eigenvalue weighted by molar-refractivity contribution is 6.30. The molecule has 1 atom stereocenters. The summed E-state index contributed by atoms with van der Waals surface area (Å²) in [5.41, 5.74) is 4.74. The summed E-state index contributed by atoms with van der Waals surface area (Å²) in [4.78, 5) is 11.2. The molecule has 0 saturated heterocycles. The number of hydrogen-bond donors (Lipinski definition) is 2. The van der Waals surface area contributed by atoms with Gasteiger partial charge in [0.05, 0.1) is 6.10 Å². The van der Waals surface area contributed by atoms with E-state index in [2.05, 4.69) is 109 Å². The van der Waals surface area contributed by atoms with Crippen molar-refractivity contribution in [3.8, 4) is 0 Å². The van der Waals surface area contributed by atoms with Gasteiger partial charge in [-0.15, -0.1) is 12.4 Å². The second-order valence-corrected chi connectivity index (χ2v) is 9.77. The Bertz CT molecular complexity index is 1180. The van der Waals surface area contributed by atoms with E-state index in [0.717, 1.165) is 13.0 Å². The van der Waals surface area contributed by atoms with Crippen LogP contribution < -0.4 is 10.6 Å². The van der Waals surface area contributed by atoms with Crippen LogP contribution in [0.3, 0.4) is 0 Å². The van der Waals surface area contributed by atoms with Crippen LogP contribution in [-0.4, -0.2) is 18.7 Å². The first-order chi connectivity index (χ1) is 18.4. The van der Waals surface area contributed by atoms with Crippen molar-refractivity contribution in [3.63, 3.8) is 0 Å². The highest BCUT2D eigenvalue weighted by Gasteiger charge is 2.14. The highest BCUT2D eigenvalue weighted by atomic mass is 35.5. The summed E-state index contributed by atoms with van der Waals surface area (Å²) in [5, 5.41) is 6.81. The van der Waals surface area contributed by atoms with Gasteiger partial charge in [0.15, 0.2) is 0 Å². The van der Waals surface area contributed by atoms with Gasteiger partial charge in [-0.05, 0) is 68.6 Å². The van der Waals surface area contributed by atoms with Crippen molar-refractivity contribution in [2.45, 2.75) is 45.3 Å². The minimum Gasteiger partial charge on any atom is -0.447 e. The molecule has 0 spiro atoms. The predicted octanol–water partition coefficient (Wildman–Crippen LogP) is 9.28. The predicted molar refractivity (Wildman–Crippen MR) is 166 cm³/mol. The molecular weight excluding hydrogens is 527 g/mol. The molecule has 4 nitrogen and oxygen atoms in total. The lowest BCUT2D eigenvalue weighted by atomic mass is 9.88. The molecule has 206 valence electrons. The first-order valence-corrected chi connectivity index (χ1v) is 13.4. The normalized spacial score (nSPS) is 11.1. The standard InChI is InChI=1S/C23H25N.C10H12ClNO2.ClH/c1-19(20-11-5-2-6-12-20)24-18-17-23(21-13-7-3-8-14-21)22-15-9-4-10-16-22;1-7(2)14-10(13)12-9-5-3-4-8(11)6-9;/h2-16,19,23-24H,17-18H2,1H3;3-7H,1-2H3,(H,12,13);1H. The van der Waals surface area contributed by atoms with Gasteiger partial charge in [0.1, 0.15) is 0 Å². The van der Waals surface area contributed by atoms with Crippen molar-refractivity contribution in [2.24, 2.45) is 0 Å². The zero-order chi connectivity index (χ0) is 27.2. The zero-order valence-electron chi connectivity index (χ0n) is 22.7. The summed E-state index contributed by atoms with van der Waals surface area (Å²) in [6.45, 7) is 6.80. The Balaban J connectivity index is 0.000000306. The number of carbonyl (C=O) groups excluding carboxylic acids is 1.